The molecule has 0 radical (unpaired) electrons. The number of hydrogen-bond donors (Lipinski definition) is 3. The Morgan fingerprint density at radius 3 is 2.80 bits per heavy atom. The van der Waals surface area contributed by atoms with Crippen LogP contribution in [0.1, 0.15) is 11.1 Å². The van der Waals surface area contributed by atoms with Crippen molar-refractivity contribution < 1.29 is 19.3 Å². The Hall–Kier alpha value is -3.29. The van der Waals surface area contributed by atoms with Crippen LogP contribution in [0.15, 0.2) is 41.2 Å². The number of methoxy groups -OCH3 is 1. The molecule has 0 aliphatic carbocycles. The highest BCUT2D eigenvalue weighted by Crippen LogP contribution is 2.29. The van der Waals surface area contributed by atoms with Crippen molar-refractivity contribution in [1.29, 1.82) is 5.26 Å². The lowest BCUT2D eigenvalue weighted by molar-refractivity contribution is 0.00467. The second-order valence-electron chi connectivity index (χ2n) is 8.25. The summed E-state index contributed by atoms with van der Waals surface area (Å²) in [6.07, 6.45) is -0.673. The van der Waals surface area contributed by atoms with E-state index in [1.807, 2.05) is 0 Å². The van der Waals surface area contributed by atoms with Gasteiger partial charge in [-0.25, -0.2) is 0 Å². The number of aromatic nitrogens is 1. The molecule has 1 fully saturated rings. The minimum Gasteiger partial charge on any atom is -0.495 e. The van der Waals surface area contributed by atoms with Crippen LogP contribution in [0.3, 0.4) is 0 Å². The number of nitrogens with zero attached hydrogens (tertiary/aromatic N) is 2. The lowest BCUT2D eigenvalue weighted by atomic mass is 10.1. The first kappa shape index (κ1) is 24.8. The van der Waals surface area contributed by atoms with Crippen LogP contribution in [0.2, 0.25) is 5.02 Å². The highest BCUT2D eigenvalue weighted by Gasteiger charge is 2.16. The van der Waals surface area contributed by atoms with E-state index in [9.17, 15) is 9.90 Å². The van der Waals surface area contributed by atoms with Gasteiger partial charge in [0.25, 0.3) is 5.56 Å². The molecule has 3 aromatic rings. The molecule has 0 amide bonds. The zero-order valence-corrected chi connectivity index (χ0v) is 20.1. The van der Waals surface area contributed by atoms with Crippen molar-refractivity contribution in [3.05, 3.63) is 62.9 Å². The van der Waals surface area contributed by atoms with Gasteiger partial charge in [-0.2, -0.15) is 5.26 Å². The number of benzene rings is 2. The summed E-state index contributed by atoms with van der Waals surface area (Å²) in [6.45, 7) is 3.74. The highest BCUT2D eigenvalue weighted by atomic mass is 35.5. The smallest absolute Gasteiger partial charge is 0.253 e. The van der Waals surface area contributed by atoms with E-state index in [1.54, 1.807) is 36.4 Å². The molecule has 35 heavy (non-hydrogen) atoms. The predicted octanol–water partition coefficient (Wildman–Crippen LogP) is 2.75. The van der Waals surface area contributed by atoms with Crippen molar-refractivity contribution in [2.45, 2.75) is 12.6 Å². The van der Waals surface area contributed by atoms with E-state index in [1.165, 1.54) is 7.11 Å². The number of hydrogen-bond acceptors (Lipinski definition) is 8. The molecule has 1 atom stereocenters. The summed E-state index contributed by atoms with van der Waals surface area (Å²) in [5.41, 5.74) is 2.01. The molecule has 1 unspecified atom stereocenters. The van der Waals surface area contributed by atoms with Crippen LogP contribution in [0.4, 0.5) is 5.69 Å². The Balaban J connectivity index is 1.43. The van der Waals surface area contributed by atoms with Gasteiger partial charge < -0.3 is 29.6 Å². The first-order valence-electron chi connectivity index (χ1n) is 11.2. The number of morpholine rings is 1. The number of aliphatic hydroxyl groups is 1. The van der Waals surface area contributed by atoms with E-state index >= 15 is 0 Å². The van der Waals surface area contributed by atoms with Crippen LogP contribution in [0.5, 0.6) is 11.5 Å². The molecule has 3 N–H and O–H groups in total. The number of β-amino-alcohol motifs (C(OH)–C–C–N with tert-alkyl or cyclic N) is 1. The lowest BCUT2D eigenvalue weighted by Crippen LogP contribution is -2.42. The Labute approximate surface area is 207 Å². The van der Waals surface area contributed by atoms with Gasteiger partial charge in [-0.3, -0.25) is 9.69 Å². The van der Waals surface area contributed by atoms with Gasteiger partial charge in [-0.15, -0.1) is 0 Å². The number of aromatic amines is 1. The molecule has 1 aliphatic rings. The van der Waals surface area contributed by atoms with Gasteiger partial charge in [0.05, 0.1) is 36.4 Å². The summed E-state index contributed by atoms with van der Waals surface area (Å²) in [6, 6.07) is 12.4. The second-order valence-corrected chi connectivity index (χ2v) is 8.66. The molecule has 0 saturated carbocycles. The number of fused-ring (bicyclic) bond motifs is 1. The molecule has 4 rings (SSSR count). The van der Waals surface area contributed by atoms with Gasteiger partial charge in [0, 0.05) is 54.9 Å². The maximum absolute atomic E-state index is 12.7. The highest BCUT2D eigenvalue weighted by molar-refractivity contribution is 6.32. The Morgan fingerprint density at radius 2 is 2.06 bits per heavy atom. The van der Waals surface area contributed by atoms with Crippen LogP contribution in [0.25, 0.3) is 10.9 Å². The number of ether oxygens (including phenoxy) is 3. The van der Waals surface area contributed by atoms with Gasteiger partial charge >= 0.3 is 0 Å². The monoisotopic (exact) mass is 498 g/mol. The SMILES string of the molecule is COc1cc(NCc2cc3cc(Cl)c(OCC(O)CN4CCOCC4)cc3[nH]c2=O)ccc1C#N. The minimum absolute atomic E-state index is 0.0862. The number of rotatable bonds is 9. The number of anilines is 1. The number of nitriles is 1. The number of pyridine rings is 1. The third-order valence-corrected chi connectivity index (χ3v) is 6.08. The van der Waals surface area contributed by atoms with Crippen molar-refractivity contribution in [2.75, 3.05) is 51.9 Å². The fourth-order valence-electron chi connectivity index (χ4n) is 3.91. The summed E-state index contributed by atoms with van der Waals surface area (Å²) in [5, 5.41) is 23.8. The fraction of sp³-hybridized carbons (Fsp3) is 0.360. The molecular formula is C25H27ClN4O5. The van der Waals surface area contributed by atoms with Gasteiger partial charge in [0.1, 0.15) is 30.3 Å². The topological polar surface area (TPSA) is 120 Å². The number of nitrogens with one attached hydrogen (secondary N) is 2. The van der Waals surface area contributed by atoms with E-state index in [4.69, 9.17) is 31.1 Å². The molecule has 10 heteroatoms. The molecule has 1 saturated heterocycles. The predicted molar refractivity (Wildman–Crippen MR) is 133 cm³/mol. The van der Waals surface area contributed by atoms with E-state index in [0.29, 0.717) is 52.9 Å². The second kappa shape index (κ2) is 11.4. The molecule has 2 heterocycles. The van der Waals surface area contributed by atoms with Crippen LogP contribution in [-0.2, 0) is 11.3 Å². The molecule has 0 bridgehead atoms. The summed E-state index contributed by atoms with van der Waals surface area (Å²) >= 11 is 6.42. The van der Waals surface area contributed by atoms with Gasteiger partial charge in [-0.05, 0) is 24.3 Å². The Kier molecular flexibility index (Phi) is 8.10. The van der Waals surface area contributed by atoms with E-state index in [0.717, 1.165) is 24.2 Å². The van der Waals surface area contributed by atoms with Gasteiger partial charge in [-0.1, -0.05) is 11.6 Å². The number of H-pyrrole nitrogens is 1. The molecule has 1 aliphatic heterocycles. The molecule has 1 aromatic heterocycles. The molecule has 2 aromatic carbocycles. The molecule has 0 spiro atoms. The van der Waals surface area contributed by atoms with Gasteiger partial charge in [0.2, 0.25) is 0 Å². The van der Waals surface area contributed by atoms with Crippen molar-refractivity contribution >= 4 is 28.2 Å². The molecule has 184 valence electrons. The van der Waals surface area contributed by atoms with E-state index in [2.05, 4.69) is 21.3 Å². The maximum atomic E-state index is 12.7. The first-order chi connectivity index (χ1) is 17.0. The molecule has 9 nitrogen and oxygen atoms in total. The normalized spacial score (nSPS) is 14.9. The third kappa shape index (κ3) is 6.24. The third-order valence-electron chi connectivity index (χ3n) is 5.78. The van der Waals surface area contributed by atoms with Crippen molar-refractivity contribution in [3.63, 3.8) is 0 Å². The summed E-state index contributed by atoms with van der Waals surface area (Å²) < 4.78 is 16.3. The van der Waals surface area contributed by atoms with Crippen LogP contribution in [0, 0.1) is 11.3 Å². The quantitative estimate of drug-likeness (QED) is 0.412. The number of halogens is 1. The molecular weight excluding hydrogens is 472 g/mol. The van der Waals surface area contributed by atoms with Crippen LogP contribution < -0.4 is 20.3 Å². The van der Waals surface area contributed by atoms with Crippen molar-refractivity contribution in [2.24, 2.45) is 0 Å². The van der Waals surface area contributed by atoms with E-state index < -0.39 is 6.10 Å². The summed E-state index contributed by atoms with van der Waals surface area (Å²) in [4.78, 5) is 17.7. The summed E-state index contributed by atoms with van der Waals surface area (Å²) in [5.74, 6) is 0.852. The zero-order valence-electron chi connectivity index (χ0n) is 19.3. The fourth-order valence-corrected chi connectivity index (χ4v) is 4.13. The lowest BCUT2D eigenvalue weighted by Gasteiger charge is -2.28. The van der Waals surface area contributed by atoms with Gasteiger partial charge in [0.15, 0.2) is 0 Å². The van der Waals surface area contributed by atoms with Crippen molar-refractivity contribution in [3.8, 4) is 17.6 Å². The average molecular weight is 499 g/mol. The first-order valence-corrected chi connectivity index (χ1v) is 11.6. The number of aliphatic hydroxyl groups excluding tert-OH is 1. The van der Waals surface area contributed by atoms with Crippen molar-refractivity contribution in [1.82, 2.24) is 9.88 Å². The van der Waals surface area contributed by atoms with Crippen LogP contribution >= 0.6 is 11.6 Å². The van der Waals surface area contributed by atoms with Crippen LogP contribution in [-0.4, -0.2) is 67.7 Å². The average Bonchev–Trinajstić information content (AvgIpc) is 2.87. The summed E-state index contributed by atoms with van der Waals surface area (Å²) in [7, 11) is 1.50. The zero-order chi connectivity index (χ0) is 24.8. The largest absolute Gasteiger partial charge is 0.495 e. The Morgan fingerprint density at radius 1 is 1.26 bits per heavy atom. The minimum atomic E-state index is -0.673. The van der Waals surface area contributed by atoms with E-state index in [-0.39, 0.29) is 18.7 Å². The Bertz CT molecular complexity index is 1280. The standard InChI is InChI=1S/C25H27ClN4O5/c1-33-23-10-19(3-2-16(23)12-27)28-13-18-8-17-9-21(26)24(11-22(17)29-25(18)32)35-15-20(31)14-30-4-6-34-7-5-30/h2-3,8-11,20,28,31H,4-7,13-15H2,1H3,(H,29,32). The maximum Gasteiger partial charge on any atom is 0.253 e.